The van der Waals surface area contributed by atoms with Gasteiger partial charge >= 0.3 is 0 Å². The van der Waals surface area contributed by atoms with Crippen molar-refractivity contribution in [2.24, 2.45) is 17.8 Å². The van der Waals surface area contributed by atoms with Gasteiger partial charge < -0.3 is 0 Å². The molecule has 0 saturated carbocycles. The number of carbonyl (C=O) groups is 1. The molecule has 0 bridgehead atoms. The first-order valence-electron chi connectivity index (χ1n) is 10.9. The Hall–Kier alpha value is -1.89. The van der Waals surface area contributed by atoms with E-state index in [0.29, 0.717) is 35.4 Å². The van der Waals surface area contributed by atoms with Gasteiger partial charge in [0.2, 0.25) is 0 Å². The zero-order chi connectivity index (χ0) is 21.0. The van der Waals surface area contributed by atoms with E-state index in [2.05, 4.69) is 85.7 Å². The lowest BCUT2D eigenvalue weighted by Gasteiger charge is -2.25. The van der Waals surface area contributed by atoms with E-state index in [1.54, 1.807) is 0 Å². The van der Waals surface area contributed by atoms with Crippen LogP contribution in [0.2, 0.25) is 0 Å². The van der Waals surface area contributed by atoms with Crippen molar-refractivity contribution in [2.75, 3.05) is 0 Å². The Bertz CT molecular complexity index is 755. The van der Waals surface area contributed by atoms with Gasteiger partial charge in [0.05, 0.1) is 0 Å². The van der Waals surface area contributed by atoms with Crippen molar-refractivity contribution in [3.63, 3.8) is 0 Å². The first-order valence-corrected chi connectivity index (χ1v) is 10.9. The number of Topliss-reactive ketones (excluding diaryl/α,β-unsaturated/α-hetero) is 1. The van der Waals surface area contributed by atoms with E-state index in [4.69, 9.17) is 0 Å². The van der Waals surface area contributed by atoms with E-state index in [-0.39, 0.29) is 5.92 Å². The second-order valence-electron chi connectivity index (χ2n) is 9.43. The van der Waals surface area contributed by atoms with E-state index in [1.807, 2.05) is 18.2 Å². The minimum atomic E-state index is 0.178. The number of ketones is 1. The molecule has 0 N–H and O–H groups in total. The van der Waals surface area contributed by atoms with Gasteiger partial charge in [-0.05, 0) is 46.3 Å². The summed E-state index contributed by atoms with van der Waals surface area (Å²) in [5, 5.41) is 0. The molecule has 0 aliphatic heterocycles. The van der Waals surface area contributed by atoms with Crippen LogP contribution in [0.1, 0.15) is 100 Å². The molecule has 0 amide bonds. The molecule has 1 aliphatic rings. The van der Waals surface area contributed by atoms with Crippen molar-refractivity contribution < 1.29 is 4.79 Å². The van der Waals surface area contributed by atoms with Gasteiger partial charge in [0.25, 0.3) is 0 Å². The van der Waals surface area contributed by atoms with Crippen LogP contribution in [0.5, 0.6) is 0 Å². The van der Waals surface area contributed by atoms with E-state index < -0.39 is 0 Å². The van der Waals surface area contributed by atoms with Gasteiger partial charge in [-0.3, -0.25) is 4.79 Å². The third kappa shape index (κ3) is 4.74. The lowest BCUT2D eigenvalue weighted by Crippen LogP contribution is -2.23. The highest BCUT2D eigenvalue weighted by Crippen LogP contribution is 2.45. The lowest BCUT2D eigenvalue weighted by molar-refractivity contribution is 0.0871. The van der Waals surface area contributed by atoms with Crippen LogP contribution in [0.25, 0.3) is 0 Å². The molecule has 1 heteroatoms. The van der Waals surface area contributed by atoms with Crippen LogP contribution in [0.4, 0.5) is 0 Å². The molecular formula is C27H38O. The van der Waals surface area contributed by atoms with Gasteiger partial charge in [-0.25, -0.2) is 0 Å². The van der Waals surface area contributed by atoms with Crippen molar-refractivity contribution in [1.29, 1.82) is 0 Å². The molecule has 0 aromatic heterocycles. The quantitative estimate of drug-likeness (QED) is 0.530. The molecule has 152 valence electrons. The molecular weight excluding hydrogens is 340 g/mol. The maximum Gasteiger partial charge on any atom is 0.167 e. The fourth-order valence-corrected chi connectivity index (χ4v) is 4.60. The Kier molecular flexibility index (Phi) is 7.63. The summed E-state index contributed by atoms with van der Waals surface area (Å²) in [6.07, 6.45) is 0. The minimum Gasteiger partial charge on any atom is -0.294 e. The fourth-order valence-electron chi connectivity index (χ4n) is 4.60. The third-order valence-corrected chi connectivity index (χ3v) is 5.95. The van der Waals surface area contributed by atoms with Gasteiger partial charge in [0.1, 0.15) is 0 Å². The van der Waals surface area contributed by atoms with Crippen molar-refractivity contribution >= 4 is 5.78 Å². The van der Waals surface area contributed by atoms with E-state index in [9.17, 15) is 4.79 Å². The number of hydrogen-bond acceptors (Lipinski definition) is 1. The monoisotopic (exact) mass is 378 g/mol. The van der Waals surface area contributed by atoms with Crippen molar-refractivity contribution in [3.8, 4) is 0 Å². The van der Waals surface area contributed by atoms with Crippen molar-refractivity contribution in [3.05, 3.63) is 70.8 Å². The van der Waals surface area contributed by atoms with E-state index in [0.717, 1.165) is 5.56 Å². The molecule has 2 aromatic carbocycles. The number of fused-ring (bicyclic) bond motifs is 1. The standard InChI is InChI=1S/C15H20O.C12H18/c1-9(2)13-11-7-5-6-8-12(11)15(16)14(13)10(3)4;1-9(2)11-7-5-6-8-12(11)10(3)4/h5-10,13-14H,1-4H3;5-10H,1-4H3. The Morgan fingerprint density at radius 2 is 1.04 bits per heavy atom. The van der Waals surface area contributed by atoms with Gasteiger partial charge in [-0.2, -0.15) is 0 Å². The largest absolute Gasteiger partial charge is 0.294 e. The summed E-state index contributed by atoms with van der Waals surface area (Å²) in [5.74, 6) is 3.17. The Labute approximate surface area is 172 Å². The molecule has 3 rings (SSSR count). The average Bonchev–Trinajstić information content (AvgIpc) is 2.95. The van der Waals surface area contributed by atoms with Crippen LogP contribution in [0.15, 0.2) is 48.5 Å². The topological polar surface area (TPSA) is 17.1 Å². The average molecular weight is 379 g/mol. The SMILES string of the molecule is CC(C)C1C(=O)c2ccccc2C1C(C)C.CC(C)c1ccccc1C(C)C. The third-order valence-electron chi connectivity index (χ3n) is 5.95. The zero-order valence-corrected chi connectivity index (χ0v) is 19.0. The van der Waals surface area contributed by atoms with Gasteiger partial charge in [0, 0.05) is 11.5 Å². The summed E-state index contributed by atoms with van der Waals surface area (Å²) in [6.45, 7) is 17.8. The molecule has 1 nitrogen and oxygen atoms in total. The van der Waals surface area contributed by atoms with Crippen LogP contribution < -0.4 is 0 Å². The predicted octanol–water partition coefficient (Wildman–Crippen LogP) is 7.83. The predicted molar refractivity (Wildman–Crippen MR) is 121 cm³/mol. The molecule has 0 heterocycles. The van der Waals surface area contributed by atoms with Crippen LogP contribution >= 0.6 is 0 Å². The molecule has 0 spiro atoms. The van der Waals surface area contributed by atoms with Crippen LogP contribution in [-0.2, 0) is 0 Å². The van der Waals surface area contributed by atoms with Crippen molar-refractivity contribution in [2.45, 2.75) is 73.1 Å². The summed E-state index contributed by atoms with van der Waals surface area (Å²) < 4.78 is 0. The number of rotatable bonds is 4. The minimum absolute atomic E-state index is 0.178. The molecule has 28 heavy (non-hydrogen) atoms. The van der Waals surface area contributed by atoms with E-state index in [1.165, 1.54) is 16.7 Å². The molecule has 0 fully saturated rings. The highest BCUT2D eigenvalue weighted by molar-refractivity contribution is 6.03. The Morgan fingerprint density at radius 3 is 1.46 bits per heavy atom. The Morgan fingerprint density at radius 1 is 0.607 bits per heavy atom. The molecule has 2 atom stereocenters. The van der Waals surface area contributed by atoms with Gasteiger partial charge in [-0.15, -0.1) is 0 Å². The maximum absolute atomic E-state index is 12.4. The molecule has 0 saturated heterocycles. The van der Waals surface area contributed by atoms with Gasteiger partial charge in [-0.1, -0.05) is 104 Å². The first kappa shape index (κ1) is 22.4. The first-order chi connectivity index (χ1) is 13.2. The highest BCUT2D eigenvalue weighted by atomic mass is 16.1. The molecule has 2 aromatic rings. The van der Waals surface area contributed by atoms with Crippen LogP contribution in [-0.4, -0.2) is 5.78 Å². The summed E-state index contributed by atoms with van der Waals surface area (Å²) in [7, 11) is 0. The van der Waals surface area contributed by atoms with E-state index >= 15 is 0 Å². The summed E-state index contributed by atoms with van der Waals surface area (Å²) in [6, 6.07) is 16.8. The summed E-state index contributed by atoms with van der Waals surface area (Å²) in [5.41, 5.74) is 5.21. The summed E-state index contributed by atoms with van der Waals surface area (Å²) in [4.78, 5) is 12.4. The second-order valence-corrected chi connectivity index (χ2v) is 9.43. The van der Waals surface area contributed by atoms with Crippen molar-refractivity contribution in [1.82, 2.24) is 0 Å². The number of hydrogen-bond donors (Lipinski definition) is 0. The maximum atomic E-state index is 12.4. The smallest absolute Gasteiger partial charge is 0.167 e. The molecule has 1 aliphatic carbocycles. The number of benzene rings is 2. The summed E-state index contributed by atoms with van der Waals surface area (Å²) >= 11 is 0. The highest BCUT2D eigenvalue weighted by Gasteiger charge is 2.42. The Balaban J connectivity index is 0.000000209. The van der Waals surface area contributed by atoms with Crippen LogP contribution in [0, 0.1) is 17.8 Å². The van der Waals surface area contributed by atoms with Crippen LogP contribution in [0.3, 0.4) is 0 Å². The molecule has 0 radical (unpaired) electrons. The normalized spacial score (nSPS) is 18.6. The van der Waals surface area contributed by atoms with Gasteiger partial charge in [0.15, 0.2) is 5.78 Å². The fraction of sp³-hybridized carbons (Fsp3) is 0.519. The molecule has 2 unspecified atom stereocenters. The lowest BCUT2D eigenvalue weighted by atomic mass is 9.77. The zero-order valence-electron chi connectivity index (χ0n) is 19.0. The number of carbonyl (C=O) groups excluding carboxylic acids is 1. The second kappa shape index (κ2) is 9.54.